The van der Waals surface area contributed by atoms with E-state index in [1.54, 1.807) is 24.8 Å². The summed E-state index contributed by atoms with van der Waals surface area (Å²) in [6.07, 6.45) is 7.04. The van der Waals surface area contributed by atoms with Gasteiger partial charge in [-0.05, 0) is 39.7 Å². The molecule has 0 fully saturated rings. The molecule has 18 nitrogen and oxygen atoms in total. The Morgan fingerprint density at radius 2 is 0.842 bits per heavy atom. The maximum Gasteiger partial charge on any atom is 2.00 e. The van der Waals surface area contributed by atoms with Crippen molar-refractivity contribution in [2.75, 3.05) is 28.4 Å². The van der Waals surface area contributed by atoms with Gasteiger partial charge in [-0.3, -0.25) is 10.8 Å². The van der Waals surface area contributed by atoms with Crippen LogP contribution in [0.1, 0.15) is 0 Å². The summed E-state index contributed by atoms with van der Waals surface area (Å²) in [6, 6.07) is 30.2. The molecule has 0 aliphatic carbocycles. The molecule has 0 amide bonds. The molecule has 0 spiro atoms. The van der Waals surface area contributed by atoms with Crippen molar-refractivity contribution in [3.63, 3.8) is 0 Å². The van der Waals surface area contributed by atoms with Crippen LogP contribution >= 0.6 is 0 Å². The molecule has 4 N–H and O–H groups in total. The first kappa shape index (κ1) is 50.7. The SMILES string of the molecule is COC(=N)/N=C(\[NH-])OC.COC(=N)/N=C(\[NH-])OC.[Ni+2].[Ni+2].[Ni+2].c1ccc2[n-]ncc2c1.c1ccc2n[n-]cc2c1.c1ccc2n[n-]cc2c1.c1ccc2n[n-]cc2c1. The first-order valence-electron chi connectivity index (χ1n) is 15.5. The molecule has 0 saturated carbocycles. The number of nitrogens with one attached hydrogen (secondary N) is 4. The Bertz CT molecular complexity index is 1940. The van der Waals surface area contributed by atoms with Gasteiger partial charge in [-0.15, -0.1) is 5.52 Å². The molecule has 8 aromatic rings. The topological polar surface area (TPSA) is 265 Å². The van der Waals surface area contributed by atoms with Crippen LogP contribution in [0.15, 0.2) is 132 Å². The molecule has 0 aliphatic rings. The van der Waals surface area contributed by atoms with E-state index in [1.807, 2.05) is 97.1 Å². The van der Waals surface area contributed by atoms with E-state index in [9.17, 15) is 0 Å². The van der Waals surface area contributed by atoms with Crippen molar-refractivity contribution in [1.82, 2.24) is 40.8 Å². The molecule has 304 valence electrons. The Morgan fingerprint density at radius 1 is 0.509 bits per heavy atom. The predicted molar refractivity (Wildman–Crippen MR) is 207 cm³/mol. The summed E-state index contributed by atoms with van der Waals surface area (Å²) in [7, 11) is 5.20. The first-order valence-corrected chi connectivity index (χ1v) is 15.5. The minimum Gasteiger partial charge on any atom is -0.581 e. The number of methoxy groups -OCH3 is 4. The Kier molecular flexibility index (Phi) is 25.9. The normalized spacial score (nSPS) is 9.82. The van der Waals surface area contributed by atoms with Crippen molar-refractivity contribution in [3.05, 3.63) is 133 Å². The summed E-state index contributed by atoms with van der Waals surface area (Å²) in [5.74, 6) is 0. The molecule has 0 bridgehead atoms. The second-order valence-corrected chi connectivity index (χ2v) is 9.87. The fourth-order valence-corrected chi connectivity index (χ4v) is 3.73. The Balaban J connectivity index is 0.000000653. The molecule has 4 heterocycles. The van der Waals surface area contributed by atoms with Crippen molar-refractivity contribution in [1.29, 1.82) is 10.8 Å². The molecular weight excluding hydrogens is 869 g/mol. The number of hydrogen-bond acceptors (Lipinski definition) is 10. The minimum absolute atomic E-state index is 0. The van der Waals surface area contributed by atoms with Crippen LogP contribution in [0.5, 0.6) is 0 Å². The van der Waals surface area contributed by atoms with E-state index in [4.69, 9.17) is 22.3 Å². The van der Waals surface area contributed by atoms with Gasteiger partial charge in [-0.2, -0.15) is 18.6 Å². The van der Waals surface area contributed by atoms with Crippen molar-refractivity contribution in [3.8, 4) is 0 Å². The fraction of sp³-hybridized carbons (Fsp3) is 0.111. The van der Waals surface area contributed by atoms with Gasteiger partial charge in [0.25, 0.3) is 0 Å². The van der Waals surface area contributed by atoms with Gasteiger partial charge in [0, 0.05) is 22.7 Å². The molecule has 0 unspecified atom stereocenters. The van der Waals surface area contributed by atoms with E-state index < -0.39 is 0 Å². The second kappa shape index (κ2) is 29.1. The predicted octanol–water partition coefficient (Wildman–Crippen LogP) is 6.00. The van der Waals surface area contributed by atoms with E-state index in [2.05, 4.69) is 69.7 Å². The molecular formula is C36H36N14Ni3O4. The van der Waals surface area contributed by atoms with Crippen LogP contribution < -0.4 is 20.4 Å². The van der Waals surface area contributed by atoms with Crippen molar-refractivity contribution >= 4 is 67.7 Å². The number of nitrogens with zero attached hydrogens (tertiary/aromatic N) is 10. The van der Waals surface area contributed by atoms with Crippen LogP contribution in [0.25, 0.3) is 55.1 Å². The van der Waals surface area contributed by atoms with Gasteiger partial charge < -0.3 is 81.2 Å². The zero-order chi connectivity index (χ0) is 39.0. The summed E-state index contributed by atoms with van der Waals surface area (Å²) >= 11 is 0. The number of amidine groups is 4. The third-order valence-corrected chi connectivity index (χ3v) is 6.38. The summed E-state index contributed by atoms with van der Waals surface area (Å²) in [6.45, 7) is 0. The number of benzene rings is 4. The Hall–Kier alpha value is -6.28. The average Bonchev–Trinajstić information content (AvgIpc) is 4.06. The van der Waals surface area contributed by atoms with Gasteiger partial charge in [0.1, 0.15) is 0 Å². The number of fused-ring (bicyclic) bond motifs is 4. The standard InChI is InChI=1S/4C7H5N2.2C4H8N3O2.3Ni/c4*1-2-4-7-6(3-1)5-8-9-7;2*1-8-3(5)7-4(6)9-2;;;/h4*1-5H;2*1-2H3,(H2-,5,6,7);;;/q6*-1;3*+2. The summed E-state index contributed by atoms with van der Waals surface area (Å²) in [4.78, 5) is 6.47. The van der Waals surface area contributed by atoms with Gasteiger partial charge in [0.15, 0.2) is 0 Å². The summed E-state index contributed by atoms with van der Waals surface area (Å²) in [5, 5.41) is 48.4. The molecule has 8 rings (SSSR count). The van der Waals surface area contributed by atoms with E-state index in [0.29, 0.717) is 0 Å². The molecule has 0 aliphatic heterocycles. The Labute approximate surface area is 357 Å². The number of hydrogen-bond donors (Lipinski definition) is 2. The monoisotopic (exact) mass is 902 g/mol. The summed E-state index contributed by atoms with van der Waals surface area (Å²) in [5.41, 5.74) is 17.4. The van der Waals surface area contributed by atoms with Crippen molar-refractivity contribution in [2.45, 2.75) is 0 Å². The van der Waals surface area contributed by atoms with Crippen LogP contribution in [-0.4, -0.2) is 72.9 Å². The van der Waals surface area contributed by atoms with Crippen LogP contribution in [-0.2, 0) is 68.4 Å². The molecule has 57 heavy (non-hydrogen) atoms. The van der Waals surface area contributed by atoms with Crippen LogP contribution in [0.3, 0.4) is 0 Å². The van der Waals surface area contributed by atoms with Gasteiger partial charge in [0.05, 0.1) is 40.5 Å². The molecule has 0 radical (unpaired) electrons. The molecule has 0 atom stereocenters. The molecule has 4 aromatic heterocycles. The zero-order valence-electron chi connectivity index (χ0n) is 30.6. The molecule has 21 heteroatoms. The number of aromatic nitrogens is 8. The van der Waals surface area contributed by atoms with E-state index in [1.165, 1.54) is 28.4 Å². The van der Waals surface area contributed by atoms with E-state index >= 15 is 0 Å². The third-order valence-electron chi connectivity index (χ3n) is 6.38. The zero-order valence-corrected chi connectivity index (χ0v) is 33.6. The molecule has 0 saturated heterocycles. The smallest absolute Gasteiger partial charge is 0.581 e. The number of aliphatic imine (C=N–C) groups is 2. The van der Waals surface area contributed by atoms with Crippen LogP contribution in [0.2, 0.25) is 0 Å². The van der Waals surface area contributed by atoms with Crippen molar-refractivity contribution in [2.24, 2.45) is 9.98 Å². The van der Waals surface area contributed by atoms with E-state index in [0.717, 1.165) is 43.6 Å². The summed E-state index contributed by atoms with van der Waals surface area (Å²) < 4.78 is 17.3. The minimum atomic E-state index is -0.332. The maximum atomic E-state index is 6.76. The number of ether oxygens (including phenoxy) is 4. The van der Waals surface area contributed by atoms with Gasteiger partial charge in [0.2, 0.25) is 12.0 Å². The quantitative estimate of drug-likeness (QED) is 0.101. The maximum absolute atomic E-state index is 6.76. The Morgan fingerprint density at radius 3 is 1.16 bits per heavy atom. The van der Waals surface area contributed by atoms with Crippen LogP contribution in [0.4, 0.5) is 0 Å². The fourth-order valence-electron chi connectivity index (χ4n) is 3.73. The van der Waals surface area contributed by atoms with Crippen LogP contribution in [0, 0.1) is 10.8 Å². The van der Waals surface area contributed by atoms with Gasteiger partial charge in [-0.1, -0.05) is 78.9 Å². The first-order chi connectivity index (χ1) is 26.3. The largest absolute Gasteiger partial charge is 2.00 e. The van der Waals surface area contributed by atoms with Gasteiger partial charge >= 0.3 is 49.5 Å². The molecule has 4 aromatic carbocycles. The average molecular weight is 905 g/mol. The second-order valence-electron chi connectivity index (χ2n) is 9.87. The van der Waals surface area contributed by atoms with E-state index in [-0.39, 0.29) is 73.6 Å². The third kappa shape index (κ3) is 18.7. The van der Waals surface area contributed by atoms with Gasteiger partial charge in [-0.25, -0.2) is 0 Å². The number of rotatable bonds is 0. The van der Waals surface area contributed by atoms with Crippen molar-refractivity contribution < 1.29 is 68.4 Å².